The van der Waals surface area contributed by atoms with Crippen LogP contribution in [0.2, 0.25) is 0 Å². The highest BCUT2D eigenvalue weighted by Gasteiger charge is 2.43. The molecule has 2 aromatic rings. The van der Waals surface area contributed by atoms with Gasteiger partial charge in [0.25, 0.3) is 0 Å². The number of hydrogen-bond donors (Lipinski definition) is 1. The number of nitrogens with zero attached hydrogens (tertiary/aromatic N) is 3. The Morgan fingerprint density at radius 1 is 1.17 bits per heavy atom. The number of aryl methyl sites for hydroxylation is 1. The number of nitrogens with one attached hydrogen (secondary N) is 1. The number of hydrogen-bond acceptors (Lipinski definition) is 7. The summed E-state index contributed by atoms with van der Waals surface area (Å²) in [6, 6.07) is 9.74. The summed E-state index contributed by atoms with van der Waals surface area (Å²) >= 11 is 0. The van der Waals surface area contributed by atoms with Crippen LogP contribution in [-0.2, 0) is 9.47 Å². The van der Waals surface area contributed by atoms with Crippen molar-refractivity contribution < 1.29 is 14.3 Å². The molecule has 7 nitrogen and oxygen atoms in total. The fraction of sp³-hybridized carbons (Fsp3) is 0.500. The van der Waals surface area contributed by atoms with Gasteiger partial charge in [0, 0.05) is 32.1 Å². The smallest absolute Gasteiger partial charge is 0.338 e. The van der Waals surface area contributed by atoms with Crippen LogP contribution in [0.15, 0.2) is 36.5 Å². The van der Waals surface area contributed by atoms with Crippen molar-refractivity contribution in [3.63, 3.8) is 0 Å². The average molecular weight is 396 g/mol. The molecule has 4 atom stereocenters. The Balaban J connectivity index is 1.50. The molecule has 154 valence electrons. The molecule has 1 aliphatic carbocycles. The lowest BCUT2D eigenvalue weighted by Crippen LogP contribution is -2.44. The molecule has 2 aromatic heterocycles. The van der Waals surface area contributed by atoms with E-state index in [2.05, 4.69) is 20.2 Å². The molecule has 2 aliphatic rings. The van der Waals surface area contributed by atoms with Gasteiger partial charge in [0.05, 0.1) is 24.8 Å². The lowest BCUT2D eigenvalue weighted by Gasteiger charge is -2.37. The number of pyridine rings is 2. The monoisotopic (exact) mass is 396 g/mol. The van der Waals surface area contributed by atoms with Gasteiger partial charge in [0.2, 0.25) is 0 Å². The molecule has 3 heterocycles. The molecule has 0 spiro atoms. The van der Waals surface area contributed by atoms with Crippen molar-refractivity contribution >= 4 is 17.6 Å². The first-order valence-electron chi connectivity index (χ1n) is 10.1. The maximum Gasteiger partial charge on any atom is 0.338 e. The lowest BCUT2D eigenvalue weighted by molar-refractivity contribution is 0.0305. The minimum atomic E-state index is -0.326. The number of esters is 1. The van der Waals surface area contributed by atoms with Gasteiger partial charge in [0.15, 0.2) is 0 Å². The quantitative estimate of drug-likeness (QED) is 0.779. The van der Waals surface area contributed by atoms with Crippen molar-refractivity contribution in [3.05, 3.63) is 47.8 Å². The highest BCUT2D eigenvalue weighted by molar-refractivity contribution is 5.90. The number of carbonyl (C=O) groups excluding carboxylic acids is 1. The van der Waals surface area contributed by atoms with E-state index >= 15 is 0 Å². The van der Waals surface area contributed by atoms with Crippen molar-refractivity contribution in [2.45, 2.75) is 31.9 Å². The molecule has 1 saturated carbocycles. The molecule has 1 saturated heterocycles. The van der Waals surface area contributed by atoms with Crippen LogP contribution in [-0.4, -0.2) is 55.4 Å². The van der Waals surface area contributed by atoms with Crippen molar-refractivity contribution in [3.8, 4) is 0 Å². The minimum Gasteiger partial charge on any atom is -0.465 e. The molecular weight excluding hydrogens is 368 g/mol. The van der Waals surface area contributed by atoms with Crippen molar-refractivity contribution in [1.29, 1.82) is 0 Å². The van der Waals surface area contributed by atoms with E-state index in [-0.39, 0.29) is 18.1 Å². The van der Waals surface area contributed by atoms with Gasteiger partial charge in [0.1, 0.15) is 11.6 Å². The fourth-order valence-corrected chi connectivity index (χ4v) is 4.70. The van der Waals surface area contributed by atoms with E-state index in [1.54, 1.807) is 19.4 Å². The second kappa shape index (κ2) is 8.37. The number of carbonyl (C=O) groups is 1. The number of aromatic nitrogens is 2. The van der Waals surface area contributed by atoms with Crippen LogP contribution >= 0.6 is 0 Å². The molecule has 2 fully saturated rings. The molecule has 0 radical (unpaired) electrons. The SMILES string of the molecule is COC(=O)c1cc(C)nc(N2C[C@H]3C[C@@H](Nc4ccccn4)[C@H](OC)C[C@H]3C2)c1. The van der Waals surface area contributed by atoms with Crippen molar-refractivity contribution in [2.75, 3.05) is 37.5 Å². The summed E-state index contributed by atoms with van der Waals surface area (Å²) in [4.78, 5) is 23.4. The molecular formula is C22H28N4O3. The second-order valence-electron chi connectivity index (χ2n) is 7.98. The third kappa shape index (κ3) is 4.19. The van der Waals surface area contributed by atoms with Crippen molar-refractivity contribution in [2.24, 2.45) is 11.8 Å². The molecule has 7 heteroatoms. The zero-order valence-corrected chi connectivity index (χ0v) is 17.2. The Hall–Kier alpha value is -2.67. The second-order valence-corrected chi connectivity index (χ2v) is 7.98. The molecule has 0 amide bonds. The molecule has 0 aromatic carbocycles. The highest BCUT2D eigenvalue weighted by Crippen LogP contribution is 2.39. The van der Waals surface area contributed by atoms with E-state index in [0.717, 1.165) is 43.3 Å². The standard InChI is InChI=1S/C22H28N4O3/c1-14-8-15(22(27)29-3)11-21(24-14)26-12-16-9-18(19(28-2)10-17(16)13-26)25-20-6-4-5-7-23-20/h4-8,11,16-19H,9-10,12-13H2,1-3H3,(H,23,25)/t16-,17+,18-,19-/m1/s1. The number of rotatable bonds is 5. The lowest BCUT2D eigenvalue weighted by atomic mass is 9.77. The van der Waals surface area contributed by atoms with Crippen LogP contribution < -0.4 is 10.2 Å². The Labute approximate surface area is 171 Å². The zero-order chi connectivity index (χ0) is 20.4. The van der Waals surface area contributed by atoms with E-state index in [0.29, 0.717) is 17.4 Å². The molecule has 4 rings (SSSR count). The van der Waals surface area contributed by atoms with E-state index in [4.69, 9.17) is 9.47 Å². The Bertz CT molecular complexity index is 860. The molecule has 0 unspecified atom stereocenters. The normalized spacial score (nSPS) is 26.1. The van der Waals surface area contributed by atoms with Crippen LogP contribution in [0.3, 0.4) is 0 Å². The van der Waals surface area contributed by atoms with Gasteiger partial charge in [-0.3, -0.25) is 0 Å². The van der Waals surface area contributed by atoms with Gasteiger partial charge in [-0.15, -0.1) is 0 Å². The number of fused-ring (bicyclic) bond motifs is 1. The summed E-state index contributed by atoms with van der Waals surface area (Å²) in [6.07, 6.45) is 3.97. The summed E-state index contributed by atoms with van der Waals surface area (Å²) in [7, 11) is 3.19. The largest absolute Gasteiger partial charge is 0.465 e. The first kappa shape index (κ1) is 19.6. The fourth-order valence-electron chi connectivity index (χ4n) is 4.70. The Kier molecular flexibility index (Phi) is 5.67. The summed E-state index contributed by atoms with van der Waals surface area (Å²) in [6.45, 7) is 3.77. The molecule has 1 N–H and O–H groups in total. The third-order valence-corrected chi connectivity index (χ3v) is 6.10. The Morgan fingerprint density at radius 3 is 2.66 bits per heavy atom. The average Bonchev–Trinajstić information content (AvgIpc) is 3.16. The summed E-state index contributed by atoms with van der Waals surface area (Å²) < 4.78 is 10.7. The summed E-state index contributed by atoms with van der Waals surface area (Å²) in [5.41, 5.74) is 1.37. The summed E-state index contributed by atoms with van der Waals surface area (Å²) in [5.74, 6) is 2.50. The van der Waals surface area contributed by atoms with Gasteiger partial charge in [-0.25, -0.2) is 14.8 Å². The third-order valence-electron chi connectivity index (χ3n) is 6.10. The van der Waals surface area contributed by atoms with Crippen LogP contribution in [0.4, 0.5) is 11.6 Å². The van der Waals surface area contributed by atoms with Crippen LogP contribution in [0.25, 0.3) is 0 Å². The van der Waals surface area contributed by atoms with E-state index in [9.17, 15) is 4.79 Å². The van der Waals surface area contributed by atoms with Crippen LogP contribution in [0.5, 0.6) is 0 Å². The first-order chi connectivity index (χ1) is 14.1. The molecule has 0 bridgehead atoms. The maximum absolute atomic E-state index is 12.0. The van der Waals surface area contributed by atoms with Crippen LogP contribution in [0, 0.1) is 18.8 Å². The predicted molar refractivity (Wildman–Crippen MR) is 111 cm³/mol. The van der Waals surface area contributed by atoms with Gasteiger partial charge >= 0.3 is 5.97 Å². The summed E-state index contributed by atoms with van der Waals surface area (Å²) in [5, 5.41) is 3.56. The van der Waals surface area contributed by atoms with Gasteiger partial charge in [-0.1, -0.05) is 6.07 Å². The number of anilines is 2. The van der Waals surface area contributed by atoms with E-state index in [1.165, 1.54) is 7.11 Å². The van der Waals surface area contributed by atoms with Crippen molar-refractivity contribution in [1.82, 2.24) is 9.97 Å². The highest BCUT2D eigenvalue weighted by atomic mass is 16.5. The maximum atomic E-state index is 12.0. The molecule has 29 heavy (non-hydrogen) atoms. The number of ether oxygens (including phenoxy) is 2. The van der Waals surface area contributed by atoms with Gasteiger partial charge < -0.3 is 19.7 Å². The zero-order valence-electron chi connectivity index (χ0n) is 17.2. The van der Waals surface area contributed by atoms with E-state index < -0.39 is 0 Å². The minimum absolute atomic E-state index is 0.148. The topological polar surface area (TPSA) is 76.6 Å². The first-order valence-corrected chi connectivity index (χ1v) is 10.1. The Morgan fingerprint density at radius 2 is 1.97 bits per heavy atom. The van der Waals surface area contributed by atoms with Gasteiger partial charge in [-0.05, 0) is 55.9 Å². The molecule has 1 aliphatic heterocycles. The van der Waals surface area contributed by atoms with Crippen LogP contribution in [0.1, 0.15) is 28.9 Å². The predicted octanol–water partition coefficient (Wildman–Crippen LogP) is 2.91. The number of methoxy groups -OCH3 is 2. The van der Waals surface area contributed by atoms with E-state index in [1.807, 2.05) is 31.2 Å². The van der Waals surface area contributed by atoms with Gasteiger partial charge in [-0.2, -0.15) is 0 Å².